The van der Waals surface area contributed by atoms with Crippen LogP contribution < -0.4 is 14.8 Å². The Hall–Kier alpha value is -3.55. The van der Waals surface area contributed by atoms with Crippen LogP contribution in [0.2, 0.25) is 0 Å². The van der Waals surface area contributed by atoms with Crippen molar-refractivity contribution in [2.45, 2.75) is 50.9 Å². The molecule has 1 fully saturated rings. The summed E-state index contributed by atoms with van der Waals surface area (Å²) < 4.78 is 16.2. The van der Waals surface area contributed by atoms with Gasteiger partial charge in [0.25, 0.3) is 0 Å². The van der Waals surface area contributed by atoms with E-state index in [2.05, 4.69) is 17.4 Å². The van der Waals surface area contributed by atoms with Crippen LogP contribution in [-0.2, 0) is 20.7 Å². The van der Waals surface area contributed by atoms with Gasteiger partial charge < -0.3 is 19.5 Å². The number of hydrogen-bond acceptors (Lipinski definition) is 6. The molecule has 2 aliphatic rings. The molecule has 2 heterocycles. The van der Waals surface area contributed by atoms with Gasteiger partial charge in [-0.3, -0.25) is 14.5 Å². The van der Waals surface area contributed by atoms with E-state index in [0.717, 1.165) is 12.8 Å². The Morgan fingerprint density at radius 3 is 2.61 bits per heavy atom. The second-order valence-corrected chi connectivity index (χ2v) is 8.31. The number of carbonyl (C=O) groups is 3. The highest BCUT2D eigenvalue weighted by Gasteiger charge is 2.47. The molecule has 0 radical (unpaired) electrons. The number of cyclic esters (lactones) is 1. The number of hydrogen-bond donors (Lipinski definition) is 1. The lowest BCUT2D eigenvalue weighted by atomic mass is 10.0. The van der Waals surface area contributed by atoms with E-state index in [1.54, 1.807) is 12.1 Å². The van der Waals surface area contributed by atoms with Crippen molar-refractivity contribution in [1.29, 1.82) is 0 Å². The fourth-order valence-electron chi connectivity index (χ4n) is 4.48. The zero-order valence-corrected chi connectivity index (χ0v) is 19.0. The summed E-state index contributed by atoms with van der Waals surface area (Å²) in [6.45, 7) is 1.95. The van der Waals surface area contributed by atoms with Gasteiger partial charge in [-0.1, -0.05) is 30.3 Å². The molecule has 0 bridgehead atoms. The van der Waals surface area contributed by atoms with Crippen LogP contribution in [0.25, 0.3) is 0 Å². The number of esters is 1. The first-order valence-corrected chi connectivity index (χ1v) is 11.1. The largest absolute Gasteiger partial charge is 0.493 e. The number of benzene rings is 2. The lowest BCUT2D eigenvalue weighted by molar-refractivity contribution is -0.146. The molecule has 8 nitrogen and oxygen atoms in total. The predicted molar refractivity (Wildman–Crippen MR) is 120 cm³/mol. The van der Waals surface area contributed by atoms with Gasteiger partial charge in [-0.15, -0.1) is 0 Å². The number of methoxy groups -OCH3 is 2. The van der Waals surface area contributed by atoms with Crippen molar-refractivity contribution in [2.75, 3.05) is 14.2 Å². The van der Waals surface area contributed by atoms with Crippen LogP contribution in [0.15, 0.2) is 42.5 Å². The van der Waals surface area contributed by atoms with Crippen molar-refractivity contribution in [2.24, 2.45) is 0 Å². The summed E-state index contributed by atoms with van der Waals surface area (Å²) in [6.07, 6.45) is 1.22. The summed E-state index contributed by atoms with van der Waals surface area (Å²) >= 11 is 0. The summed E-state index contributed by atoms with van der Waals surface area (Å²) in [6, 6.07) is 12.6. The maximum atomic E-state index is 13.1. The Morgan fingerprint density at radius 1 is 1.15 bits per heavy atom. The molecule has 1 saturated heterocycles. The number of nitrogens with zero attached hydrogens (tertiary/aromatic N) is 1. The number of nitrogens with one attached hydrogen (secondary N) is 1. The summed E-state index contributed by atoms with van der Waals surface area (Å²) in [5.74, 6) is -0.437. The van der Waals surface area contributed by atoms with E-state index in [1.165, 1.54) is 24.7 Å². The minimum Gasteiger partial charge on any atom is -0.493 e. The van der Waals surface area contributed by atoms with Gasteiger partial charge in [-0.2, -0.15) is 0 Å². The van der Waals surface area contributed by atoms with E-state index in [-0.39, 0.29) is 35.6 Å². The fraction of sp³-hybridized carbons (Fsp3) is 0.400. The van der Waals surface area contributed by atoms with E-state index < -0.39 is 18.2 Å². The number of carbonyl (C=O) groups excluding carboxylic acids is 3. The maximum absolute atomic E-state index is 13.1. The number of ether oxygens (including phenoxy) is 3. The second-order valence-electron chi connectivity index (χ2n) is 8.31. The summed E-state index contributed by atoms with van der Waals surface area (Å²) in [5.41, 5.74) is 1.91. The smallest absolute Gasteiger partial charge is 0.344 e. The van der Waals surface area contributed by atoms with Crippen molar-refractivity contribution in [3.8, 4) is 11.5 Å². The maximum Gasteiger partial charge on any atom is 0.344 e. The van der Waals surface area contributed by atoms with Gasteiger partial charge in [0.05, 0.1) is 14.2 Å². The molecule has 3 atom stereocenters. The van der Waals surface area contributed by atoms with E-state index in [9.17, 15) is 14.4 Å². The third-order valence-electron chi connectivity index (χ3n) is 6.17. The molecule has 0 aromatic heterocycles. The molecule has 174 valence electrons. The highest BCUT2D eigenvalue weighted by Crippen LogP contribution is 2.45. The van der Waals surface area contributed by atoms with Gasteiger partial charge >= 0.3 is 5.97 Å². The van der Waals surface area contributed by atoms with Crippen molar-refractivity contribution in [1.82, 2.24) is 10.2 Å². The van der Waals surface area contributed by atoms with Crippen LogP contribution in [0.3, 0.4) is 0 Å². The van der Waals surface area contributed by atoms with Crippen LogP contribution in [-0.4, -0.2) is 49.0 Å². The third kappa shape index (κ3) is 4.37. The standard InChI is InChI=1S/C25H28N2O6/c1-15(9-10-16-7-5-4-6-8-16)26-23(29)18-12-14-20(28)27(18)24-17-11-13-19(31-2)22(32-3)21(17)25(30)33-24/h4-8,11,13,15,18,24H,9-10,12,14H2,1-3H3,(H,26,29)/t15-,18+,24-/m1/s1. The topological polar surface area (TPSA) is 94.2 Å². The molecule has 2 aliphatic heterocycles. The molecule has 1 N–H and O–H groups in total. The monoisotopic (exact) mass is 452 g/mol. The van der Waals surface area contributed by atoms with Crippen LogP contribution in [0.4, 0.5) is 0 Å². The number of aryl methyl sites for hydroxylation is 1. The SMILES string of the molecule is COc1ccc2c(c1OC)C(=O)O[C@H]2N1C(=O)CC[C@H]1C(=O)N[C@H](C)CCc1ccccc1. The number of rotatable bonds is 8. The van der Waals surface area contributed by atoms with Gasteiger partial charge in [-0.05, 0) is 43.9 Å². The first kappa shape index (κ1) is 22.6. The van der Waals surface area contributed by atoms with Gasteiger partial charge in [0.15, 0.2) is 11.5 Å². The van der Waals surface area contributed by atoms with Crippen molar-refractivity contribution >= 4 is 17.8 Å². The predicted octanol–water partition coefficient (Wildman–Crippen LogP) is 3.00. The van der Waals surface area contributed by atoms with Crippen molar-refractivity contribution in [3.05, 3.63) is 59.2 Å². The Labute approximate surface area is 192 Å². The molecular weight excluding hydrogens is 424 g/mol. The average Bonchev–Trinajstić information content (AvgIpc) is 3.37. The first-order valence-electron chi connectivity index (χ1n) is 11.1. The number of fused-ring (bicyclic) bond motifs is 1. The molecule has 0 unspecified atom stereocenters. The molecule has 0 saturated carbocycles. The van der Waals surface area contributed by atoms with Crippen molar-refractivity contribution < 1.29 is 28.6 Å². The minimum atomic E-state index is -0.974. The third-order valence-corrected chi connectivity index (χ3v) is 6.17. The van der Waals surface area contributed by atoms with Crippen LogP contribution in [0.1, 0.15) is 53.9 Å². The van der Waals surface area contributed by atoms with Crippen LogP contribution in [0, 0.1) is 0 Å². The van der Waals surface area contributed by atoms with Crippen molar-refractivity contribution in [3.63, 3.8) is 0 Å². The minimum absolute atomic E-state index is 0.0713. The average molecular weight is 453 g/mol. The second kappa shape index (κ2) is 9.52. The van der Waals surface area contributed by atoms with E-state index in [0.29, 0.717) is 17.7 Å². The molecule has 4 rings (SSSR count). The first-order chi connectivity index (χ1) is 15.9. The summed E-state index contributed by atoms with van der Waals surface area (Å²) in [7, 11) is 2.91. The molecule has 33 heavy (non-hydrogen) atoms. The Balaban J connectivity index is 1.50. The van der Waals surface area contributed by atoms with E-state index in [4.69, 9.17) is 14.2 Å². The normalized spacial score (nSPS) is 20.3. The molecule has 2 aromatic rings. The Morgan fingerprint density at radius 2 is 1.91 bits per heavy atom. The number of amides is 2. The highest BCUT2D eigenvalue weighted by atomic mass is 16.6. The molecule has 8 heteroatoms. The van der Waals surface area contributed by atoms with Gasteiger partial charge in [0, 0.05) is 18.0 Å². The highest BCUT2D eigenvalue weighted by molar-refractivity contribution is 5.99. The molecular formula is C25H28N2O6. The number of likely N-dealkylation sites (tertiary alicyclic amines) is 1. The lowest BCUT2D eigenvalue weighted by Gasteiger charge is -2.30. The van der Waals surface area contributed by atoms with Gasteiger partial charge in [0.1, 0.15) is 11.6 Å². The van der Waals surface area contributed by atoms with Gasteiger partial charge in [0.2, 0.25) is 18.0 Å². The fourth-order valence-corrected chi connectivity index (χ4v) is 4.48. The molecule has 0 aliphatic carbocycles. The molecule has 2 aromatic carbocycles. The molecule has 0 spiro atoms. The van der Waals surface area contributed by atoms with Gasteiger partial charge in [-0.25, -0.2) is 4.79 Å². The zero-order valence-electron chi connectivity index (χ0n) is 19.0. The van der Waals surface area contributed by atoms with Crippen LogP contribution in [0.5, 0.6) is 11.5 Å². The quantitative estimate of drug-likeness (QED) is 0.619. The lowest BCUT2D eigenvalue weighted by Crippen LogP contribution is -2.48. The van der Waals surface area contributed by atoms with E-state index in [1.807, 2.05) is 25.1 Å². The summed E-state index contributed by atoms with van der Waals surface area (Å²) in [4.78, 5) is 39.9. The zero-order chi connectivity index (χ0) is 23.5. The Kier molecular flexibility index (Phi) is 6.53. The van der Waals surface area contributed by atoms with Crippen LogP contribution >= 0.6 is 0 Å². The molecule has 2 amide bonds. The summed E-state index contributed by atoms with van der Waals surface area (Å²) in [5, 5.41) is 3.02. The van der Waals surface area contributed by atoms with E-state index >= 15 is 0 Å². The Bertz CT molecular complexity index is 1050.